The van der Waals surface area contributed by atoms with E-state index in [1.807, 2.05) is 43.0 Å². The maximum Gasteiger partial charge on any atom is 0.414 e. The van der Waals surface area contributed by atoms with Gasteiger partial charge in [0.05, 0.1) is 21.7 Å². The van der Waals surface area contributed by atoms with Crippen molar-refractivity contribution in [3.63, 3.8) is 0 Å². The molecule has 3 rings (SSSR count). The molecule has 10 heteroatoms. The minimum Gasteiger partial charge on any atom is -0.473 e. The van der Waals surface area contributed by atoms with Gasteiger partial charge in [-0.1, -0.05) is 17.7 Å². The monoisotopic (exact) mass is 411 g/mol. The summed E-state index contributed by atoms with van der Waals surface area (Å²) in [7, 11) is 0. The molecule has 3 aromatic heterocycles. The number of aliphatic carboxylic acids is 2. The summed E-state index contributed by atoms with van der Waals surface area (Å²) in [6.45, 7) is 0. The van der Waals surface area contributed by atoms with Crippen LogP contribution in [0.2, 0.25) is 4.34 Å². The van der Waals surface area contributed by atoms with Crippen molar-refractivity contribution in [3.8, 4) is 0 Å². The fourth-order valence-corrected chi connectivity index (χ4v) is 4.14. The zero-order valence-electron chi connectivity index (χ0n) is 13.2. The van der Waals surface area contributed by atoms with Crippen LogP contribution in [0.15, 0.2) is 60.3 Å². The number of pyridine rings is 1. The van der Waals surface area contributed by atoms with Crippen molar-refractivity contribution in [2.24, 2.45) is 0 Å². The molecule has 136 valence electrons. The average Bonchev–Trinajstić information content (AvgIpc) is 3.29. The number of rotatable bonds is 5. The Morgan fingerprint density at radius 3 is 2.46 bits per heavy atom. The number of thioether (sulfide) groups is 1. The molecule has 3 heterocycles. The first-order valence-electron chi connectivity index (χ1n) is 7.20. The Hall–Kier alpha value is -2.36. The van der Waals surface area contributed by atoms with Crippen LogP contribution >= 0.6 is 34.7 Å². The molecule has 7 nitrogen and oxygen atoms in total. The summed E-state index contributed by atoms with van der Waals surface area (Å²) in [6.07, 6.45) is 7.44. The zero-order valence-corrected chi connectivity index (χ0v) is 15.6. The van der Waals surface area contributed by atoms with Crippen molar-refractivity contribution in [1.29, 1.82) is 0 Å². The second kappa shape index (κ2) is 9.95. The fourth-order valence-electron chi connectivity index (χ4n) is 1.87. The molecule has 26 heavy (non-hydrogen) atoms. The van der Waals surface area contributed by atoms with Crippen LogP contribution < -0.4 is 0 Å². The summed E-state index contributed by atoms with van der Waals surface area (Å²) in [6, 6.07) is 10.2. The van der Waals surface area contributed by atoms with Gasteiger partial charge in [0.2, 0.25) is 0 Å². The van der Waals surface area contributed by atoms with Crippen molar-refractivity contribution in [2.75, 3.05) is 5.75 Å². The van der Waals surface area contributed by atoms with Gasteiger partial charge in [-0.3, -0.25) is 0 Å². The van der Waals surface area contributed by atoms with Gasteiger partial charge in [-0.25, -0.2) is 19.6 Å². The average molecular weight is 412 g/mol. The number of aromatic nitrogens is 3. The summed E-state index contributed by atoms with van der Waals surface area (Å²) in [4.78, 5) is 27.9. The van der Waals surface area contributed by atoms with Gasteiger partial charge >= 0.3 is 11.9 Å². The standard InChI is InChI=1S/C14H12ClN3S2.C2H2O4/c15-13-5-4-12(20-13)11(18-8-7-16-10-18)9-19-14-3-1-2-6-17-14;3-1(4)2(5)6/h1-8,10-11H,9H2;(H,3,4)(H,5,6). The van der Waals surface area contributed by atoms with Gasteiger partial charge in [-0.05, 0) is 24.3 Å². The topological polar surface area (TPSA) is 105 Å². The van der Waals surface area contributed by atoms with E-state index in [0.29, 0.717) is 0 Å². The first-order valence-corrected chi connectivity index (χ1v) is 9.38. The van der Waals surface area contributed by atoms with Crippen LogP contribution in [0, 0.1) is 0 Å². The molecule has 0 aliphatic rings. The summed E-state index contributed by atoms with van der Waals surface area (Å²) in [5.41, 5.74) is 0. The van der Waals surface area contributed by atoms with Crippen molar-refractivity contribution in [3.05, 3.63) is 64.5 Å². The van der Waals surface area contributed by atoms with Crippen molar-refractivity contribution < 1.29 is 19.8 Å². The van der Waals surface area contributed by atoms with E-state index in [0.717, 1.165) is 15.1 Å². The van der Waals surface area contributed by atoms with E-state index >= 15 is 0 Å². The summed E-state index contributed by atoms with van der Waals surface area (Å²) >= 11 is 9.40. The van der Waals surface area contributed by atoms with Crippen LogP contribution in [-0.2, 0) is 9.59 Å². The Kier molecular flexibility index (Phi) is 7.64. The molecule has 0 saturated carbocycles. The van der Waals surface area contributed by atoms with Gasteiger partial charge < -0.3 is 14.8 Å². The molecule has 1 unspecified atom stereocenters. The molecular weight excluding hydrogens is 398 g/mol. The molecular formula is C16H14ClN3O4S2. The third-order valence-corrected chi connectivity index (χ3v) is 5.37. The highest BCUT2D eigenvalue weighted by atomic mass is 35.5. The first kappa shape index (κ1) is 20.0. The number of halogens is 1. The highest BCUT2D eigenvalue weighted by molar-refractivity contribution is 7.99. The van der Waals surface area contributed by atoms with Gasteiger partial charge in [-0.15, -0.1) is 23.1 Å². The number of carboxylic acid groups (broad SMARTS) is 2. The van der Waals surface area contributed by atoms with Gasteiger partial charge in [-0.2, -0.15) is 0 Å². The molecule has 3 aromatic rings. The van der Waals surface area contributed by atoms with E-state index in [4.69, 9.17) is 31.4 Å². The highest BCUT2D eigenvalue weighted by Gasteiger charge is 2.16. The van der Waals surface area contributed by atoms with Gasteiger partial charge in [0, 0.05) is 29.2 Å². The number of nitrogens with zero attached hydrogens (tertiary/aromatic N) is 3. The van der Waals surface area contributed by atoms with Crippen molar-refractivity contribution >= 4 is 46.6 Å². The van der Waals surface area contributed by atoms with Crippen LogP contribution in [0.3, 0.4) is 0 Å². The van der Waals surface area contributed by atoms with E-state index in [9.17, 15) is 0 Å². The van der Waals surface area contributed by atoms with E-state index in [2.05, 4.69) is 20.6 Å². The minimum absolute atomic E-state index is 0.224. The van der Waals surface area contributed by atoms with Gasteiger partial charge in [0.15, 0.2) is 0 Å². The second-order valence-corrected chi connectivity index (χ2v) is 7.54. The van der Waals surface area contributed by atoms with Crippen LogP contribution in [0.25, 0.3) is 0 Å². The maximum absolute atomic E-state index is 9.10. The third-order valence-electron chi connectivity index (χ3n) is 3.02. The fraction of sp³-hybridized carbons (Fsp3) is 0.125. The molecule has 1 atom stereocenters. The third kappa shape index (κ3) is 6.17. The molecule has 0 bridgehead atoms. The highest BCUT2D eigenvalue weighted by Crippen LogP contribution is 2.32. The second-order valence-electron chi connectivity index (χ2n) is 4.76. The lowest BCUT2D eigenvalue weighted by atomic mass is 10.3. The maximum atomic E-state index is 9.10. The Bertz CT molecular complexity index is 828. The lowest BCUT2D eigenvalue weighted by Crippen LogP contribution is -2.10. The number of hydrogen-bond acceptors (Lipinski definition) is 6. The molecule has 0 fully saturated rings. The Morgan fingerprint density at radius 2 is 1.96 bits per heavy atom. The molecule has 0 aliphatic carbocycles. The molecule has 0 saturated heterocycles. The molecule has 2 N–H and O–H groups in total. The van der Waals surface area contributed by atoms with Crippen molar-refractivity contribution in [1.82, 2.24) is 14.5 Å². The van der Waals surface area contributed by atoms with Gasteiger partial charge in [0.1, 0.15) is 0 Å². The Labute approximate surface area is 162 Å². The predicted molar refractivity (Wildman–Crippen MR) is 99.9 cm³/mol. The molecule has 0 aliphatic heterocycles. The van der Waals surface area contributed by atoms with Crippen molar-refractivity contribution in [2.45, 2.75) is 11.1 Å². The first-order chi connectivity index (χ1) is 12.5. The summed E-state index contributed by atoms with van der Waals surface area (Å²) < 4.78 is 2.92. The van der Waals surface area contributed by atoms with E-state index in [1.54, 1.807) is 29.3 Å². The number of carbonyl (C=O) groups is 2. The molecule has 0 aromatic carbocycles. The number of imidazole rings is 1. The minimum atomic E-state index is -1.82. The lowest BCUT2D eigenvalue weighted by molar-refractivity contribution is -0.159. The quantitative estimate of drug-likeness (QED) is 0.488. The molecule has 0 radical (unpaired) electrons. The van der Waals surface area contributed by atoms with Crippen LogP contribution in [-0.4, -0.2) is 42.4 Å². The summed E-state index contributed by atoms with van der Waals surface area (Å²) in [5.74, 6) is -2.76. The lowest BCUT2D eigenvalue weighted by Gasteiger charge is -2.16. The van der Waals surface area contributed by atoms with E-state index in [-0.39, 0.29) is 6.04 Å². The van der Waals surface area contributed by atoms with Crippen LogP contribution in [0.4, 0.5) is 0 Å². The number of hydrogen-bond donors (Lipinski definition) is 2. The Morgan fingerprint density at radius 1 is 1.19 bits per heavy atom. The molecule has 0 spiro atoms. The van der Waals surface area contributed by atoms with Crippen LogP contribution in [0.1, 0.15) is 10.9 Å². The predicted octanol–water partition coefficient (Wildman–Crippen LogP) is 3.53. The smallest absolute Gasteiger partial charge is 0.414 e. The molecule has 0 amide bonds. The van der Waals surface area contributed by atoms with E-state index < -0.39 is 11.9 Å². The zero-order chi connectivity index (χ0) is 18.9. The Balaban J connectivity index is 0.000000352. The SMILES string of the molecule is Clc1ccc(C(CSc2ccccn2)n2ccnc2)s1.O=C(O)C(=O)O. The normalized spacial score (nSPS) is 11.3. The largest absolute Gasteiger partial charge is 0.473 e. The number of thiophene rings is 1. The number of carboxylic acids is 2. The van der Waals surface area contributed by atoms with E-state index in [1.165, 1.54) is 4.88 Å². The van der Waals surface area contributed by atoms with Crippen LogP contribution in [0.5, 0.6) is 0 Å². The summed E-state index contributed by atoms with van der Waals surface area (Å²) in [5, 5.41) is 15.8. The van der Waals surface area contributed by atoms with Gasteiger partial charge in [0.25, 0.3) is 0 Å².